The molecule has 3 N–H and O–H groups in total. The molecule has 0 spiro atoms. The number of benzene rings is 1. The minimum Gasteiger partial charge on any atom is -0.399 e. The molecule has 5 nitrogen and oxygen atoms in total. The molecule has 0 bridgehead atoms. The normalized spacial score (nSPS) is 11.3. The van der Waals surface area contributed by atoms with Gasteiger partial charge in [0.25, 0.3) is 10.0 Å². The second kappa shape index (κ2) is 5.04. The fraction of sp³-hybridized carbons (Fsp3) is 0.0833. The number of aryl methyl sites for hydroxylation is 1. The molecule has 0 radical (unpaired) electrons. The first kappa shape index (κ1) is 14.2. The Bertz CT molecular complexity index is 746. The Morgan fingerprint density at radius 1 is 1.25 bits per heavy atom. The second-order valence-electron chi connectivity index (χ2n) is 4.11. The number of anilines is 2. The molecular formula is C12H11F2N3O2S. The number of aromatic nitrogens is 1. The van der Waals surface area contributed by atoms with Crippen molar-refractivity contribution >= 4 is 21.4 Å². The Hall–Kier alpha value is -2.22. The van der Waals surface area contributed by atoms with Gasteiger partial charge in [-0.15, -0.1) is 0 Å². The highest BCUT2D eigenvalue weighted by Crippen LogP contribution is 2.23. The molecule has 0 amide bonds. The van der Waals surface area contributed by atoms with Gasteiger partial charge in [0.1, 0.15) is 4.90 Å². The minimum absolute atomic E-state index is 0.137. The molecule has 2 aromatic rings. The number of nitrogens with one attached hydrogen (secondary N) is 1. The van der Waals surface area contributed by atoms with Crippen molar-refractivity contribution in [3.8, 4) is 0 Å². The van der Waals surface area contributed by atoms with Gasteiger partial charge in [-0.1, -0.05) is 0 Å². The van der Waals surface area contributed by atoms with Crippen molar-refractivity contribution in [3.63, 3.8) is 0 Å². The first-order valence-corrected chi connectivity index (χ1v) is 6.98. The van der Waals surface area contributed by atoms with E-state index in [-0.39, 0.29) is 11.4 Å². The van der Waals surface area contributed by atoms with E-state index in [1.165, 1.54) is 12.3 Å². The highest BCUT2D eigenvalue weighted by atomic mass is 32.2. The summed E-state index contributed by atoms with van der Waals surface area (Å²) in [6.45, 7) is 1.73. The predicted molar refractivity (Wildman–Crippen MR) is 70.6 cm³/mol. The molecule has 2 rings (SSSR count). The molecule has 0 saturated carbocycles. The lowest BCUT2D eigenvalue weighted by Gasteiger charge is -2.10. The zero-order valence-electron chi connectivity index (χ0n) is 10.4. The summed E-state index contributed by atoms with van der Waals surface area (Å²) in [5.41, 5.74) is 5.96. The zero-order valence-corrected chi connectivity index (χ0v) is 11.2. The fourth-order valence-corrected chi connectivity index (χ4v) is 2.68. The van der Waals surface area contributed by atoms with Crippen LogP contribution in [0.25, 0.3) is 0 Å². The molecule has 0 aliphatic carbocycles. The SMILES string of the molecule is Cc1ccc(NS(=O)(=O)c2cc(N)cc(F)c2F)cn1. The summed E-state index contributed by atoms with van der Waals surface area (Å²) in [4.78, 5) is 3.04. The van der Waals surface area contributed by atoms with Gasteiger partial charge in [-0.05, 0) is 31.2 Å². The summed E-state index contributed by atoms with van der Waals surface area (Å²) in [5.74, 6) is -2.81. The third-order valence-corrected chi connectivity index (χ3v) is 3.85. The van der Waals surface area contributed by atoms with Crippen LogP contribution in [0.15, 0.2) is 35.4 Å². The monoisotopic (exact) mass is 299 g/mol. The quantitative estimate of drug-likeness (QED) is 0.849. The van der Waals surface area contributed by atoms with Gasteiger partial charge < -0.3 is 5.73 Å². The molecule has 8 heteroatoms. The van der Waals surface area contributed by atoms with Crippen LogP contribution in [0.5, 0.6) is 0 Å². The van der Waals surface area contributed by atoms with Gasteiger partial charge >= 0.3 is 0 Å². The Labute approximate surface area is 114 Å². The molecule has 0 atom stereocenters. The van der Waals surface area contributed by atoms with Crippen molar-refractivity contribution in [2.45, 2.75) is 11.8 Å². The van der Waals surface area contributed by atoms with Crippen LogP contribution in [-0.2, 0) is 10.0 Å². The molecule has 0 unspecified atom stereocenters. The second-order valence-corrected chi connectivity index (χ2v) is 5.76. The van der Waals surface area contributed by atoms with E-state index in [1.807, 2.05) is 0 Å². The first-order chi connectivity index (χ1) is 9.29. The van der Waals surface area contributed by atoms with E-state index in [0.29, 0.717) is 11.8 Å². The molecular weight excluding hydrogens is 288 g/mol. The lowest BCUT2D eigenvalue weighted by atomic mass is 10.3. The smallest absolute Gasteiger partial charge is 0.265 e. The van der Waals surface area contributed by atoms with Gasteiger partial charge in [-0.25, -0.2) is 17.2 Å². The molecule has 20 heavy (non-hydrogen) atoms. The molecule has 0 fully saturated rings. The third-order valence-electron chi connectivity index (χ3n) is 2.47. The number of nitrogens with zero attached hydrogens (tertiary/aromatic N) is 1. The van der Waals surface area contributed by atoms with Gasteiger partial charge in [0.05, 0.1) is 11.9 Å². The standard InChI is InChI=1S/C12H11F2N3O2S/c1-7-2-3-9(6-16-7)17-20(18,19)11-5-8(15)4-10(13)12(11)14/h2-6,17H,15H2,1H3. The van der Waals surface area contributed by atoms with Crippen molar-refractivity contribution in [3.05, 3.63) is 47.8 Å². The molecule has 106 valence electrons. The van der Waals surface area contributed by atoms with Gasteiger partial charge in [-0.2, -0.15) is 0 Å². The van der Waals surface area contributed by atoms with Crippen LogP contribution in [0.4, 0.5) is 20.2 Å². The van der Waals surface area contributed by atoms with E-state index in [2.05, 4.69) is 9.71 Å². The number of hydrogen-bond donors (Lipinski definition) is 2. The van der Waals surface area contributed by atoms with Gasteiger partial charge in [0.2, 0.25) is 0 Å². The fourth-order valence-electron chi connectivity index (χ4n) is 1.52. The number of nitrogen functional groups attached to an aromatic ring is 1. The average molecular weight is 299 g/mol. The number of rotatable bonds is 3. The van der Waals surface area contributed by atoms with Gasteiger partial charge in [0.15, 0.2) is 11.6 Å². The van der Waals surface area contributed by atoms with Crippen LogP contribution >= 0.6 is 0 Å². The molecule has 1 heterocycles. The molecule has 0 saturated heterocycles. The van der Waals surface area contributed by atoms with Crippen LogP contribution in [0.1, 0.15) is 5.69 Å². The topological polar surface area (TPSA) is 85.1 Å². The van der Waals surface area contributed by atoms with Crippen molar-refractivity contribution in [2.24, 2.45) is 0 Å². The van der Waals surface area contributed by atoms with E-state index >= 15 is 0 Å². The Balaban J connectivity index is 2.43. The van der Waals surface area contributed by atoms with E-state index in [0.717, 1.165) is 6.07 Å². The number of sulfonamides is 1. The summed E-state index contributed by atoms with van der Waals surface area (Å²) in [5, 5.41) is 0. The van der Waals surface area contributed by atoms with E-state index in [4.69, 9.17) is 5.73 Å². The van der Waals surface area contributed by atoms with Gasteiger partial charge in [0, 0.05) is 11.4 Å². The van der Waals surface area contributed by atoms with Gasteiger partial charge in [-0.3, -0.25) is 9.71 Å². The predicted octanol–water partition coefficient (Wildman–Crippen LogP) is 2.05. The first-order valence-electron chi connectivity index (χ1n) is 5.49. The van der Waals surface area contributed by atoms with Crippen LogP contribution in [0.3, 0.4) is 0 Å². The van der Waals surface area contributed by atoms with Crippen LogP contribution in [-0.4, -0.2) is 13.4 Å². The Morgan fingerprint density at radius 3 is 2.55 bits per heavy atom. The number of nitrogens with two attached hydrogens (primary N) is 1. The maximum absolute atomic E-state index is 13.6. The van der Waals surface area contributed by atoms with Crippen LogP contribution in [0.2, 0.25) is 0 Å². The number of pyridine rings is 1. The number of halogens is 2. The molecule has 1 aromatic carbocycles. The maximum atomic E-state index is 13.6. The van der Waals surface area contributed by atoms with Crippen molar-refractivity contribution < 1.29 is 17.2 Å². The Morgan fingerprint density at radius 2 is 1.95 bits per heavy atom. The largest absolute Gasteiger partial charge is 0.399 e. The summed E-state index contributed by atoms with van der Waals surface area (Å²) in [6, 6.07) is 4.60. The lowest BCUT2D eigenvalue weighted by molar-refractivity contribution is 0.486. The van der Waals surface area contributed by atoms with Crippen molar-refractivity contribution in [1.82, 2.24) is 4.98 Å². The number of hydrogen-bond acceptors (Lipinski definition) is 4. The summed E-state index contributed by atoms with van der Waals surface area (Å²) in [7, 11) is -4.29. The Kier molecular flexibility index (Phi) is 3.58. The summed E-state index contributed by atoms with van der Waals surface area (Å²) >= 11 is 0. The van der Waals surface area contributed by atoms with Crippen LogP contribution < -0.4 is 10.5 Å². The van der Waals surface area contributed by atoms with Crippen molar-refractivity contribution in [1.29, 1.82) is 0 Å². The van der Waals surface area contributed by atoms with Crippen LogP contribution in [0, 0.1) is 18.6 Å². The maximum Gasteiger partial charge on any atom is 0.265 e. The molecule has 0 aliphatic rings. The lowest BCUT2D eigenvalue weighted by Crippen LogP contribution is -2.16. The summed E-state index contributed by atoms with van der Waals surface area (Å²) < 4.78 is 52.9. The minimum atomic E-state index is -4.29. The zero-order chi connectivity index (χ0) is 14.9. The summed E-state index contributed by atoms with van der Waals surface area (Å²) in [6.07, 6.45) is 1.27. The highest BCUT2D eigenvalue weighted by molar-refractivity contribution is 7.92. The van der Waals surface area contributed by atoms with E-state index in [9.17, 15) is 17.2 Å². The third kappa shape index (κ3) is 2.85. The molecule has 0 aliphatic heterocycles. The van der Waals surface area contributed by atoms with E-state index in [1.54, 1.807) is 13.0 Å². The molecule has 1 aromatic heterocycles. The average Bonchev–Trinajstić information content (AvgIpc) is 2.36. The van der Waals surface area contributed by atoms with E-state index < -0.39 is 26.6 Å². The highest BCUT2D eigenvalue weighted by Gasteiger charge is 2.22. The van der Waals surface area contributed by atoms with Crippen molar-refractivity contribution in [2.75, 3.05) is 10.5 Å².